The van der Waals surface area contributed by atoms with Crippen LogP contribution in [0.1, 0.15) is 55.8 Å². The molecule has 27 heavy (non-hydrogen) atoms. The van der Waals surface area contributed by atoms with Gasteiger partial charge in [0.05, 0.1) is 5.56 Å². The standard InChI is InChI=1S/C21H27ClN2O3/c1-12(21-8-13-4-14(9-21)6-15(5-13)10-21)24-19(25)11-27-18-3-2-16(22)7-17(18)20(23)26/h2-3,7,12-15H,4-6,8-11H2,1H3,(H2,23,26)(H,24,25)/t12-,13?,14?,15?,21?/m0/s1. The fourth-order valence-electron chi connectivity index (χ4n) is 6.11. The molecular formula is C21H27ClN2O3. The van der Waals surface area contributed by atoms with Gasteiger partial charge in [-0.15, -0.1) is 0 Å². The fraction of sp³-hybridized carbons (Fsp3) is 0.619. The van der Waals surface area contributed by atoms with E-state index >= 15 is 0 Å². The zero-order valence-corrected chi connectivity index (χ0v) is 16.4. The maximum atomic E-state index is 12.5. The highest BCUT2D eigenvalue weighted by atomic mass is 35.5. The second-order valence-corrected chi connectivity index (χ2v) is 9.30. The molecule has 4 fully saturated rings. The Morgan fingerprint density at radius 1 is 1.22 bits per heavy atom. The molecule has 1 aromatic rings. The van der Waals surface area contributed by atoms with E-state index in [1.807, 2.05) is 0 Å². The lowest BCUT2D eigenvalue weighted by Crippen LogP contribution is -2.56. The van der Waals surface area contributed by atoms with Crippen molar-refractivity contribution in [1.29, 1.82) is 0 Å². The van der Waals surface area contributed by atoms with E-state index in [1.54, 1.807) is 12.1 Å². The molecule has 5 nitrogen and oxygen atoms in total. The van der Waals surface area contributed by atoms with E-state index in [0.29, 0.717) is 5.02 Å². The van der Waals surface area contributed by atoms with Gasteiger partial charge >= 0.3 is 0 Å². The van der Waals surface area contributed by atoms with Gasteiger partial charge in [-0.3, -0.25) is 9.59 Å². The third-order valence-electron chi connectivity index (χ3n) is 6.95. The van der Waals surface area contributed by atoms with Gasteiger partial charge in [-0.25, -0.2) is 0 Å². The summed E-state index contributed by atoms with van der Waals surface area (Å²) in [5.41, 5.74) is 5.80. The Morgan fingerprint density at radius 3 is 2.37 bits per heavy atom. The summed E-state index contributed by atoms with van der Waals surface area (Å²) in [6, 6.07) is 4.77. The average molecular weight is 391 g/mol. The summed E-state index contributed by atoms with van der Waals surface area (Å²) in [6.45, 7) is 2.00. The van der Waals surface area contributed by atoms with Crippen LogP contribution in [-0.2, 0) is 4.79 Å². The Bertz CT molecular complexity index is 729. The van der Waals surface area contributed by atoms with Crippen molar-refractivity contribution >= 4 is 23.4 Å². The van der Waals surface area contributed by atoms with E-state index in [2.05, 4.69) is 12.2 Å². The van der Waals surface area contributed by atoms with Gasteiger partial charge in [0.15, 0.2) is 6.61 Å². The Morgan fingerprint density at radius 2 is 1.81 bits per heavy atom. The summed E-state index contributed by atoms with van der Waals surface area (Å²) < 4.78 is 5.56. The molecule has 1 aromatic carbocycles. The Hall–Kier alpha value is -1.75. The molecule has 3 N–H and O–H groups in total. The molecule has 0 aliphatic heterocycles. The van der Waals surface area contributed by atoms with Crippen molar-refractivity contribution in [2.45, 2.75) is 51.5 Å². The largest absolute Gasteiger partial charge is 0.483 e. The number of ether oxygens (including phenoxy) is 1. The normalized spacial score (nSPS) is 32.1. The number of carbonyl (C=O) groups is 2. The van der Waals surface area contributed by atoms with Crippen molar-refractivity contribution in [1.82, 2.24) is 5.32 Å². The molecule has 4 bridgehead atoms. The number of amides is 2. The number of hydrogen-bond donors (Lipinski definition) is 2. The van der Waals surface area contributed by atoms with Gasteiger partial charge in [-0.2, -0.15) is 0 Å². The highest BCUT2D eigenvalue weighted by Crippen LogP contribution is 2.61. The van der Waals surface area contributed by atoms with E-state index in [1.165, 1.54) is 44.6 Å². The van der Waals surface area contributed by atoms with Crippen molar-refractivity contribution in [3.05, 3.63) is 28.8 Å². The lowest BCUT2D eigenvalue weighted by molar-refractivity contribution is -0.127. The van der Waals surface area contributed by atoms with Crippen LogP contribution in [0.5, 0.6) is 5.75 Å². The highest BCUT2D eigenvalue weighted by Gasteiger charge is 2.53. The summed E-state index contributed by atoms with van der Waals surface area (Å²) >= 11 is 5.90. The first-order valence-corrected chi connectivity index (χ1v) is 10.2. The second kappa shape index (κ2) is 7.01. The molecule has 1 atom stereocenters. The molecule has 0 spiro atoms. The van der Waals surface area contributed by atoms with Crippen LogP contribution in [0.25, 0.3) is 0 Å². The molecule has 2 amide bonds. The monoisotopic (exact) mass is 390 g/mol. The molecule has 0 radical (unpaired) electrons. The fourth-order valence-corrected chi connectivity index (χ4v) is 6.28. The molecular weight excluding hydrogens is 364 g/mol. The van der Waals surface area contributed by atoms with Crippen molar-refractivity contribution in [3.8, 4) is 5.75 Å². The highest BCUT2D eigenvalue weighted by molar-refractivity contribution is 6.31. The number of nitrogens with one attached hydrogen (secondary N) is 1. The number of nitrogens with two attached hydrogens (primary N) is 1. The quantitative estimate of drug-likeness (QED) is 0.779. The first-order chi connectivity index (χ1) is 12.8. The number of hydrogen-bond acceptors (Lipinski definition) is 3. The van der Waals surface area contributed by atoms with Crippen molar-refractivity contribution < 1.29 is 14.3 Å². The number of primary amides is 1. The van der Waals surface area contributed by atoms with Crippen LogP contribution in [0, 0.1) is 23.2 Å². The van der Waals surface area contributed by atoms with Crippen LogP contribution < -0.4 is 15.8 Å². The third-order valence-corrected chi connectivity index (χ3v) is 7.18. The summed E-state index contributed by atoms with van der Waals surface area (Å²) in [4.78, 5) is 24.0. The van der Waals surface area contributed by atoms with Crippen LogP contribution in [0.2, 0.25) is 5.02 Å². The van der Waals surface area contributed by atoms with Gasteiger partial charge < -0.3 is 15.8 Å². The minimum atomic E-state index is -0.630. The van der Waals surface area contributed by atoms with Crippen LogP contribution >= 0.6 is 11.6 Å². The number of rotatable bonds is 6. The summed E-state index contributed by atoms with van der Waals surface area (Å²) in [5, 5.41) is 3.56. The Balaban J connectivity index is 1.37. The molecule has 4 saturated carbocycles. The van der Waals surface area contributed by atoms with Crippen molar-refractivity contribution in [2.24, 2.45) is 28.9 Å². The van der Waals surface area contributed by atoms with Crippen molar-refractivity contribution in [2.75, 3.05) is 6.61 Å². The van der Waals surface area contributed by atoms with Crippen LogP contribution in [0.3, 0.4) is 0 Å². The zero-order valence-electron chi connectivity index (χ0n) is 15.7. The van der Waals surface area contributed by atoms with Crippen LogP contribution in [-0.4, -0.2) is 24.5 Å². The molecule has 4 aliphatic carbocycles. The minimum absolute atomic E-state index is 0.140. The molecule has 4 aliphatic rings. The topological polar surface area (TPSA) is 81.4 Å². The molecule has 5 rings (SSSR count). The number of halogens is 1. The molecule has 0 unspecified atom stereocenters. The maximum Gasteiger partial charge on any atom is 0.258 e. The van der Waals surface area contributed by atoms with E-state index < -0.39 is 5.91 Å². The van der Waals surface area contributed by atoms with Gasteiger partial charge in [0.25, 0.3) is 11.8 Å². The first-order valence-electron chi connectivity index (χ1n) is 9.86. The van der Waals surface area contributed by atoms with E-state index in [4.69, 9.17) is 22.1 Å². The van der Waals surface area contributed by atoms with Crippen LogP contribution in [0.15, 0.2) is 18.2 Å². The smallest absolute Gasteiger partial charge is 0.258 e. The molecule has 6 heteroatoms. The van der Waals surface area contributed by atoms with Gasteiger partial charge in [-0.1, -0.05) is 11.6 Å². The molecule has 0 saturated heterocycles. The summed E-state index contributed by atoms with van der Waals surface area (Å²) in [6.07, 6.45) is 7.87. The second-order valence-electron chi connectivity index (χ2n) is 8.86. The predicted molar refractivity (Wildman–Crippen MR) is 104 cm³/mol. The first kappa shape index (κ1) is 18.6. The SMILES string of the molecule is C[C@H](NC(=O)COc1ccc(Cl)cc1C(N)=O)C12CC3CC(CC(C3)C1)C2. The average Bonchev–Trinajstić information content (AvgIpc) is 2.59. The molecule has 146 valence electrons. The number of benzene rings is 1. The van der Waals surface area contributed by atoms with Gasteiger partial charge in [0.1, 0.15) is 5.75 Å². The zero-order chi connectivity index (χ0) is 19.2. The maximum absolute atomic E-state index is 12.5. The van der Waals surface area contributed by atoms with Gasteiger partial charge in [0.2, 0.25) is 0 Å². The number of carbonyl (C=O) groups excluding carboxylic acids is 2. The summed E-state index contributed by atoms with van der Waals surface area (Å²) in [7, 11) is 0. The van der Waals surface area contributed by atoms with Gasteiger partial charge in [0, 0.05) is 11.1 Å². The predicted octanol–water partition coefficient (Wildman–Crippen LogP) is 3.54. The molecule has 0 aromatic heterocycles. The van der Waals surface area contributed by atoms with E-state index in [-0.39, 0.29) is 35.3 Å². The summed E-state index contributed by atoms with van der Waals surface area (Å²) in [5.74, 6) is 2.03. The third kappa shape index (κ3) is 3.66. The molecule has 0 heterocycles. The van der Waals surface area contributed by atoms with Crippen LogP contribution in [0.4, 0.5) is 0 Å². The van der Waals surface area contributed by atoms with Gasteiger partial charge in [-0.05, 0) is 86.8 Å². The van der Waals surface area contributed by atoms with E-state index in [9.17, 15) is 9.59 Å². The minimum Gasteiger partial charge on any atom is -0.483 e. The lowest BCUT2D eigenvalue weighted by Gasteiger charge is -2.59. The Labute approximate surface area is 165 Å². The van der Waals surface area contributed by atoms with Crippen molar-refractivity contribution in [3.63, 3.8) is 0 Å². The Kier molecular flexibility index (Phi) is 4.83. The van der Waals surface area contributed by atoms with E-state index in [0.717, 1.165) is 17.8 Å². The lowest BCUT2D eigenvalue weighted by atomic mass is 9.48.